The van der Waals surface area contributed by atoms with Crippen LogP contribution in [0.25, 0.3) is 0 Å². The minimum Gasteiger partial charge on any atom is -0.448 e. The number of methoxy groups -OCH3 is 2. The Morgan fingerprint density at radius 1 is 0.886 bits per heavy atom. The van der Waals surface area contributed by atoms with Crippen molar-refractivity contribution >= 4 is 33.7 Å². The van der Waals surface area contributed by atoms with E-state index in [1.165, 1.54) is 19.1 Å². The van der Waals surface area contributed by atoms with Crippen LogP contribution in [0.4, 0.5) is 0 Å². The van der Waals surface area contributed by atoms with Gasteiger partial charge in [0.1, 0.15) is 12.3 Å². The summed E-state index contributed by atoms with van der Waals surface area (Å²) in [4.78, 5) is 41.8. The van der Waals surface area contributed by atoms with E-state index in [1.807, 2.05) is 91.0 Å². The standard InChI is InChI=1S/C34H37BrN2O7/c1-23(2)29(33(40)44-30(25-16-10-6-11-17-25)26-18-12-7-13-19-26)37-31(39)28(32(37)43-22-34(21-35,41-3)42-4)36-27(38)20-24-14-8-5-9-15-24/h5-19,28,30,32H,20-22H2,1-4H3,(H,36,38). The van der Waals surface area contributed by atoms with E-state index in [1.54, 1.807) is 13.8 Å². The monoisotopic (exact) mass is 664 g/mol. The fraction of sp³-hybridized carbons (Fsp3) is 0.324. The van der Waals surface area contributed by atoms with E-state index >= 15 is 0 Å². The Hall–Kier alpha value is -3.83. The van der Waals surface area contributed by atoms with Gasteiger partial charge in [0.25, 0.3) is 5.91 Å². The molecule has 0 spiro atoms. The second kappa shape index (κ2) is 15.3. The van der Waals surface area contributed by atoms with Crippen molar-refractivity contribution in [2.45, 2.75) is 44.4 Å². The van der Waals surface area contributed by atoms with Crippen LogP contribution in [0.15, 0.2) is 102 Å². The van der Waals surface area contributed by atoms with Gasteiger partial charge < -0.3 is 24.3 Å². The summed E-state index contributed by atoms with van der Waals surface area (Å²) < 4.78 is 23.4. The SMILES string of the molecule is COC(CBr)(COC1C(NC(=O)Cc2ccccc2)C(=O)N1C(C(=O)OC(c1ccccc1)c1ccccc1)=C(C)C)OC. The Morgan fingerprint density at radius 2 is 1.41 bits per heavy atom. The molecule has 0 aliphatic carbocycles. The Balaban J connectivity index is 1.62. The second-order valence-corrected chi connectivity index (χ2v) is 11.1. The van der Waals surface area contributed by atoms with Crippen LogP contribution in [-0.4, -0.2) is 66.9 Å². The predicted molar refractivity (Wildman–Crippen MR) is 168 cm³/mol. The summed E-state index contributed by atoms with van der Waals surface area (Å²) in [5, 5.41) is 3.06. The van der Waals surface area contributed by atoms with Crippen LogP contribution in [0.1, 0.15) is 36.6 Å². The van der Waals surface area contributed by atoms with Crippen molar-refractivity contribution in [2.75, 3.05) is 26.2 Å². The normalized spacial score (nSPS) is 16.3. The number of allylic oxidation sites excluding steroid dienone is 1. The van der Waals surface area contributed by atoms with E-state index in [-0.39, 0.29) is 30.0 Å². The van der Waals surface area contributed by atoms with Crippen molar-refractivity contribution < 1.29 is 33.3 Å². The molecule has 3 aromatic rings. The highest BCUT2D eigenvalue weighted by Gasteiger charge is 2.53. The highest BCUT2D eigenvalue weighted by Crippen LogP contribution is 2.33. The number of amides is 2. The topological polar surface area (TPSA) is 103 Å². The molecule has 44 heavy (non-hydrogen) atoms. The van der Waals surface area contributed by atoms with E-state index in [0.717, 1.165) is 16.7 Å². The van der Waals surface area contributed by atoms with Crippen LogP contribution >= 0.6 is 15.9 Å². The minimum atomic E-state index is -1.17. The van der Waals surface area contributed by atoms with E-state index in [4.69, 9.17) is 18.9 Å². The van der Waals surface area contributed by atoms with Crippen molar-refractivity contribution in [1.82, 2.24) is 10.2 Å². The first-order valence-electron chi connectivity index (χ1n) is 14.2. The third kappa shape index (κ3) is 7.62. The molecule has 2 unspecified atom stereocenters. The van der Waals surface area contributed by atoms with Gasteiger partial charge in [0, 0.05) is 14.2 Å². The molecule has 0 bridgehead atoms. The number of esters is 1. The van der Waals surface area contributed by atoms with E-state index in [9.17, 15) is 14.4 Å². The molecule has 0 saturated carbocycles. The molecule has 2 atom stereocenters. The molecule has 1 N–H and O–H groups in total. The molecule has 1 fully saturated rings. The summed E-state index contributed by atoms with van der Waals surface area (Å²) in [6.45, 7) is 3.33. The van der Waals surface area contributed by atoms with Gasteiger partial charge in [-0.3, -0.25) is 14.5 Å². The summed E-state index contributed by atoms with van der Waals surface area (Å²) in [6, 6.07) is 26.9. The number of nitrogens with zero attached hydrogens (tertiary/aromatic N) is 1. The molecule has 1 heterocycles. The highest BCUT2D eigenvalue weighted by atomic mass is 79.9. The maximum absolute atomic E-state index is 13.9. The molecule has 0 radical (unpaired) electrons. The quantitative estimate of drug-likeness (QED) is 0.0859. The molecule has 4 rings (SSSR count). The van der Waals surface area contributed by atoms with Gasteiger partial charge in [-0.2, -0.15) is 0 Å². The van der Waals surface area contributed by atoms with Crippen molar-refractivity contribution in [2.24, 2.45) is 0 Å². The highest BCUT2D eigenvalue weighted by molar-refractivity contribution is 9.09. The second-order valence-electron chi connectivity index (χ2n) is 10.5. The Bertz CT molecular complexity index is 1390. The number of likely N-dealkylation sites (tertiary alicyclic amines) is 1. The van der Waals surface area contributed by atoms with Crippen molar-refractivity contribution in [3.05, 3.63) is 119 Å². The number of β-lactam (4-membered cyclic amide) rings is 1. The Labute approximate surface area is 266 Å². The molecule has 1 aliphatic rings. The molecular weight excluding hydrogens is 628 g/mol. The molecule has 1 aliphatic heterocycles. The smallest absolute Gasteiger partial charge is 0.356 e. The van der Waals surface area contributed by atoms with Crippen LogP contribution < -0.4 is 5.32 Å². The lowest BCUT2D eigenvalue weighted by Crippen LogP contribution is -2.72. The van der Waals surface area contributed by atoms with Gasteiger partial charge in [0.2, 0.25) is 11.7 Å². The van der Waals surface area contributed by atoms with Crippen LogP contribution in [0.2, 0.25) is 0 Å². The number of rotatable bonds is 14. The minimum absolute atomic E-state index is 0.0321. The number of carbonyl (C=O) groups excluding carboxylic acids is 3. The van der Waals surface area contributed by atoms with E-state index in [0.29, 0.717) is 5.57 Å². The van der Waals surface area contributed by atoms with Crippen LogP contribution in [0.3, 0.4) is 0 Å². The van der Waals surface area contributed by atoms with Crippen molar-refractivity contribution in [3.63, 3.8) is 0 Å². The Kier molecular flexibility index (Phi) is 11.5. The number of carbonyl (C=O) groups is 3. The summed E-state index contributed by atoms with van der Waals surface area (Å²) in [6.07, 6.45) is -1.68. The van der Waals surface area contributed by atoms with E-state index < -0.39 is 36.0 Å². The van der Waals surface area contributed by atoms with Crippen LogP contribution in [0, 0.1) is 0 Å². The molecular formula is C34H37BrN2O7. The van der Waals surface area contributed by atoms with Gasteiger partial charge in [-0.15, -0.1) is 0 Å². The fourth-order valence-corrected chi connectivity index (χ4v) is 5.48. The molecule has 2 amide bonds. The maximum Gasteiger partial charge on any atom is 0.356 e. The molecule has 1 saturated heterocycles. The summed E-state index contributed by atoms with van der Waals surface area (Å²) in [5.41, 5.74) is 2.91. The summed E-state index contributed by atoms with van der Waals surface area (Å²) >= 11 is 3.39. The van der Waals surface area contributed by atoms with Crippen molar-refractivity contribution in [1.29, 1.82) is 0 Å². The largest absolute Gasteiger partial charge is 0.448 e. The fourth-order valence-electron chi connectivity index (χ4n) is 4.86. The zero-order valence-electron chi connectivity index (χ0n) is 25.2. The molecule has 3 aromatic carbocycles. The molecule has 0 aromatic heterocycles. The lowest BCUT2D eigenvalue weighted by Gasteiger charge is -2.48. The van der Waals surface area contributed by atoms with Gasteiger partial charge in [0.05, 0.1) is 11.8 Å². The maximum atomic E-state index is 13.9. The number of nitrogens with one attached hydrogen (secondary N) is 1. The number of benzene rings is 3. The van der Waals surface area contributed by atoms with Gasteiger partial charge in [-0.05, 0) is 36.1 Å². The summed E-state index contributed by atoms with van der Waals surface area (Å²) in [5.74, 6) is -2.73. The first-order chi connectivity index (χ1) is 21.2. The first-order valence-corrected chi connectivity index (χ1v) is 15.3. The van der Waals surface area contributed by atoms with Gasteiger partial charge >= 0.3 is 5.97 Å². The zero-order chi connectivity index (χ0) is 31.7. The first kappa shape index (κ1) is 33.1. The summed E-state index contributed by atoms with van der Waals surface area (Å²) in [7, 11) is 2.95. The van der Waals surface area contributed by atoms with Gasteiger partial charge in [-0.1, -0.05) is 107 Å². The zero-order valence-corrected chi connectivity index (χ0v) is 26.8. The molecule has 9 nitrogen and oxygen atoms in total. The third-order valence-electron chi connectivity index (χ3n) is 7.33. The number of hydrogen-bond donors (Lipinski definition) is 1. The third-order valence-corrected chi connectivity index (χ3v) is 8.18. The van der Waals surface area contributed by atoms with Gasteiger partial charge in [0.15, 0.2) is 18.4 Å². The molecule has 232 valence electrons. The predicted octanol–water partition coefficient (Wildman–Crippen LogP) is 4.91. The number of hydrogen-bond acceptors (Lipinski definition) is 7. The van der Waals surface area contributed by atoms with Gasteiger partial charge in [-0.25, -0.2) is 4.79 Å². The average Bonchev–Trinajstić information content (AvgIpc) is 3.05. The van der Waals surface area contributed by atoms with Crippen LogP contribution in [0.5, 0.6) is 0 Å². The molecule has 10 heteroatoms. The number of ether oxygens (including phenoxy) is 4. The van der Waals surface area contributed by atoms with Crippen LogP contribution in [-0.2, 0) is 39.8 Å². The average molecular weight is 666 g/mol. The number of halogens is 1. The lowest BCUT2D eigenvalue weighted by atomic mass is 9.99. The van der Waals surface area contributed by atoms with E-state index in [2.05, 4.69) is 21.2 Å². The number of alkyl halides is 1. The lowest BCUT2D eigenvalue weighted by molar-refractivity contribution is -0.246. The Morgan fingerprint density at radius 3 is 1.89 bits per heavy atom. The van der Waals surface area contributed by atoms with Crippen molar-refractivity contribution in [3.8, 4) is 0 Å².